The molecule has 2 aromatic rings. The summed E-state index contributed by atoms with van der Waals surface area (Å²) in [6.45, 7) is 2.06. The van der Waals surface area contributed by atoms with E-state index in [2.05, 4.69) is 10.2 Å². The van der Waals surface area contributed by atoms with Gasteiger partial charge in [-0.3, -0.25) is 9.69 Å². The highest BCUT2D eigenvalue weighted by Gasteiger charge is 2.26. The Labute approximate surface area is 196 Å². The molecule has 1 heterocycles. The summed E-state index contributed by atoms with van der Waals surface area (Å²) < 4.78 is 9.46. The van der Waals surface area contributed by atoms with Crippen LogP contribution in [0.15, 0.2) is 36.4 Å². The van der Waals surface area contributed by atoms with Crippen molar-refractivity contribution in [2.75, 3.05) is 32.6 Å². The third-order valence-corrected chi connectivity index (χ3v) is 6.15. The maximum absolute atomic E-state index is 12.8. The summed E-state index contributed by atoms with van der Waals surface area (Å²) in [4.78, 5) is 38.9. The molecule has 0 bridgehead atoms. The third kappa shape index (κ3) is 5.79. The molecule has 1 N–H and O–H groups in total. The monoisotopic (exact) mass is 478 g/mol. The van der Waals surface area contributed by atoms with Crippen molar-refractivity contribution >= 4 is 46.7 Å². The molecular weight excluding hydrogens is 455 g/mol. The number of nitrogens with zero attached hydrogens (tertiary/aromatic N) is 1. The molecule has 0 unspecified atom stereocenters. The molecule has 32 heavy (non-hydrogen) atoms. The molecule has 7 nitrogen and oxygen atoms in total. The number of amides is 1. The lowest BCUT2D eigenvalue weighted by Gasteiger charge is -2.31. The molecule has 1 aliphatic heterocycles. The van der Waals surface area contributed by atoms with Gasteiger partial charge >= 0.3 is 11.9 Å². The van der Waals surface area contributed by atoms with Crippen LogP contribution < -0.4 is 5.32 Å². The molecule has 9 heteroatoms. The molecule has 0 aliphatic carbocycles. The number of benzene rings is 2. The number of nitrogens with one attached hydrogen (secondary N) is 1. The van der Waals surface area contributed by atoms with Gasteiger partial charge in [-0.1, -0.05) is 29.3 Å². The number of rotatable bonds is 6. The van der Waals surface area contributed by atoms with Crippen LogP contribution in [0.25, 0.3) is 0 Å². The largest absolute Gasteiger partial charge is 0.465 e. The lowest BCUT2D eigenvalue weighted by molar-refractivity contribution is -0.121. The Morgan fingerprint density at radius 3 is 2.00 bits per heavy atom. The van der Waals surface area contributed by atoms with E-state index in [4.69, 9.17) is 32.7 Å². The number of esters is 2. The van der Waals surface area contributed by atoms with Gasteiger partial charge in [-0.05, 0) is 56.3 Å². The van der Waals surface area contributed by atoms with Gasteiger partial charge in [0.15, 0.2) is 0 Å². The fourth-order valence-electron chi connectivity index (χ4n) is 3.68. The molecule has 0 aromatic heterocycles. The topological polar surface area (TPSA) is 84.9 Å². The summed E-state index contributed by atoms with van der Waals surface area (Å²) in [7, 11) is 2.49. The standard InChI is InChI=1S/C23H24Cl2N2O5/c1-31-22(29)15-10-16(23(30)32-2)12-17(11-15)26-21(28)14-6-8-27(9-7-14)13-18-19(24)4-3-5-20(18)25/h3-5,10-12,14H,6-9,13H2,1-2H3,(H,26,28). The van der Waals surface area contributed by atoms with E-state index >= 15 is 0 Å². The maximum Gasteiger partial charge on any atom is 0.337 e. The third-order valence-electron chi connectivity index (χ3n) is 5.44. The van der Waals surface area contributed by atoms with E-state index in [1.165, 1.54) is 32.4 Å². The van der Waals surface area contributed by atoms with Crippen LogP contribution in [-0.4, -0.2) is 50.1 Å². The average molecular weight is 479 g/mol. The van der Waals surface area contributed by atoms with Crippen LogP contribution >= 0.6 is 23.2 Å². The Morgan fingerprint density at radius 1 is 0.969 bits per heavy atom. The van der Waals surface area contributed by atoms with E-state index in [9.17, 15) is 14.4 Å². The fourth-order valence-corrected chi connectivity index (χ4v) is 4.19. The van der Waals surface area contributed by atoms with E-state index in [-0.39, 0.29) is 23.0 Å². The molecular formula is C23H24Cl2N2O5. The number of likely N-dealkylation sites (tertiary alicyclic amines) is 1. The predicted octanol–water partition coefficient (Wildman–Crippen LogP) is 4.42. The Hall–Kier alpha value is -2.61. The Bertz CT molecular complexity index is 965. The van der Waals surface area contributed by atoms with Gasteiger partial charge in [-0.15, -0.1) is 0 Å². The number of carbonyl (C=O) groups excluding carboxylic acids is 3. The molecule has 170 valence electrons. The molecule has 1 fully saturated rings. The van der Waals surface area contributed by atoms with Gasteiger partial charge in [-0.25, -0.2) is 9.59 Å². The second kappa shape index (κ2) is 10.8. The number of piperidine rings is 1. The summed E-state index contributed by atoms with van der Waals surface area (Å²) in [6, 6.07) is 9.76. The number of carbonyl (C=O) groups is 3. The van der Waals surface area contributed by atoms with Crippen LogP contribution in [0.5, 0.6) is 0 Å². The maximum atomic E-state index is 12.8. The van der Waals surface area contributed by atoms with Gasteiger partial charge in [0, 0.05) is 33.8 Å². The Kier molecular flexibility index (Phi) is 8.12. The Balaban J connectivity index is 1.64. The number of anilines is 1. The van der Waals surface area contributed by atoms with Gasteiger partial charge in [0.05, 0.1) is 25.3 Å². The molecule has 1 saturated heterocycles. The predicted molar refractivity (Wildman–Crippen MR) is 122 cm³/mol. The highest BCUT2D eigenvalue weighted by molar-refractivity contribution is 6.35. The molecule has 2 aromatic carbocycles. The normalized spacial score (nSPS) is 14.6. The van der Waals surface area contributed by atoms with Gasteiger partial charge < -0.3 is 14.8 Å². The van der Waals surface area contributed by atoms with Crippen LogP contribution in [0.4, 0.5) is 5.69 Å². The Morgan fingerprint density at radius 2 is 1.50 bits per heavy atom. The minimum atomic E-state index is -0.613. The number of halogens is 2. The molecule has 0 radical (unpaired) electrons. The van der Waals surface area contributed by atoms with Crippen LogP contribution in [0.3, 0.4) is 0 Å². The van der Waals surface area contributed by atoms with Crippen LogP contribution in [-0.2, 0) is 20.8 Å². The average Bonchev–Trinajstić information content (AvgIpc) is 2.80. The lowest BCUT2D eigenvalue weighted by atomic mass is 9.95. The van der Waals surface area contributed by atoms with E-state index in [0.29, 0.717) is 35.1 Å². The molecule has 3 rings (SSSR count). The molecule has 0 saturated carbocycles. The summed E-state index contributed by atoms with van der Waals surface area (Å²) >= 11 is 12.5. The summed E-state index contributed by atoms with van der Waals surface area (Å²) in [5, 5.41) is 4.08. The van der Waals surface area contributed by atoms with E-state index in [1.807, 2.05) is 18.2 Å². The van der Waals surface area contributed by atoms with Crippen molar-refractivity contribution < 1.29 is 23.9 Å². The quantitative estimate of drug-likeness (QED) is 0.618. The fraction of sp³-hybridized carbons (Fsp3) is 0.348. The first-order valence-electron chi connectivity index (χ1n) is 10.1. The molecule has 1 amide bonds. The van der Waals surface area contributed by atoms with E-state index < -0.39 is 11.9 Å². The zero-order chi connectivity index (χ0) is 23.3. The minimum Gasteiger partial charge on any atom is -0.465 e. The summed E-state index contributed by atoms with van der Waals surface area (Å²) in [6.07, 6.45) is 1.32. The van der Waals surface area contributed by atoms with Crippen molar-refractivity contribution in [3.8, 4) is 0 Å². The first-order valence-corrected chi connectivity index (χ1v) is 10.9. The number of ether oxygens (including phenoxy) is 2. The van der Waals surface area contributed by atoms with Crippen molar-refractivity contribution in [3.05, 3.63) is 63.1 Å². The van der Waals surface area contributed by atoms with Crippen molar-refractivity contribution in [1.29, 1.82) is 0 Å². The minimum absolute atomic E-state index is 0.150. The summed E-state index contributed by atoms with van der Waals surface area (Å²) in [5.74, 6) is -1.59. The molecule has 0 spiro atoms. The number of hydrogen-bond donors (Lipinski definition) is 1. The second-order valence-corrected chi connectivity index (χ2v) is 8.34. The van der Waals surface area contributed by atoms with Gasteiger partial charge in [-0.2, -0.15) is 0 Å². The first kappa shape index (κ1) is 24.0. The molecule has 0 atom stereocenters. The van der Waals surface area contributed by atoms with Crippen molar-refractivity contribution in [3.63, 3.8) is 0 Å². The van der Waals surface area contributed by atoms with E-state index in [0.717, 1.165) is 18.7 Å². The van der Waals surface area contributed by atoms with Gasteiger partial charge in [0.1, 0.15) is 0 Å². The second-order valence-electron chi connectivity index (χ2n) is 7.52. The van der Waals surface area contributed by atoms with Crippen LogP contribution in [0.2, 0.25) is 10.0 Å². The van der Waals surface area contributed by atoms with Crippen molar-refractivity contribution in [2.24, 2.45) is 5.92 Å². The van der Waals surface area contributed by atoms with Crippen LogP contribution in [0.1, 0.15) is 39.1 Å². The smallest absolute Gasteiger partial charge is 0.337 e. The molecule has 1 aliphatic rings. The zero-order valence-corrected chi connectivity index (χ0v) is 19.3. The van der Waals surface area contributed by atoms with Gasteiger partial charge in [0.25, 0.3) is 0 Å². The van der Waals surface area contributed by atoms with Crippen molar-refractivity contribution in [1.82, 2.24) is 4.90 Å². The zero-order valence-electron chi connectivity index (χ0n) is 17.8. The summed E-state index contributed by atoms with van der Waals surface area (Å²) in [5.41, 5.74) is 1.52. The first-order chi connectivity index (χ1) is 15.3. The lowest BCUT2D eigenvalue weighted by Crippen LogP contribution is -2.37. The number of hydrogen-bond acceptors (Lipinski definition) is 6. The SMILES string of the molecule is COC(=O)c1cc(NC(=O)C2CCN(Cc3c(Cl)cccc3Cl)CC2)cc(C(=O)OC)c1. The highest BCUT2D eigenvalue weighted by atomic mass is 35.5. The highest BCUT2D eigenvalue weighted by Crippen LogP contribution is 2.28. The van der Waals surface area contributed by atoms with Crippen molar-refractivity contribution in [2.45, 2.75) is 19.4 Å². The van der Waals surface area contributed by atoms with Gasteiger partial charge in [0.2, 0.25) is 5.91 Å². The van der Waals surface area contributed by atoms with Crippen LogP contribution in [0, 0.1) is 5.92 Å². The number of methoxy groups -OCH3 is 2. The van der Waals surface area contributed by atoms with E-state index in [1.54, 1.807) is 0 Å².